The molecule has 1 amide bonds. The molecule has 4 rings (SSSR count). The van der Waals surface area contributed by atoms with Gasteiger partial charge in [-0.3, -0.25) is 4.79 Å². The van der Waals surface area contributed by atoms with Crippen molar-refractivity contribution < 1.29 is 18.4 Å². The van der Waals surface area contributed by atoms with Crippen molar-refractivity contribution in [2.24, 2.45) is 0 Å². The minimum Gasteiger partial charge on any atom is -0.494 e. The van der Waals surface area contributed by atoms with Gasteiger partial charge in [0.15, 0.2) is 5.58 Å². The molecule has 138 valence electrons. The Bertz CT molecular complexity index is 1000. The summed E-state index contributed by atoms with van der Waals surface area (Å²) >= 11 is 0. The number of para-hydroxylation sites is 1. The Hall–Kier alpha value is -3.41. The molecule has 3 heterocycles. The molecule has 1 N–H and O–H groups in total. The highest BCUT2D eigenvalue weighted by atomic mass is 16.5. The molecule has 0 aliphatic carbocycles. The second kappa shape index (κ2) is 7.86. The fourth-order valence-electron chi connectivity index (χ4n) is 3.01. The van der Waals surface area contributed by atoms with Gasteiger partial charge in [-0.1, -0.05) is 18.2 Å². The fourth-order valence-corrected chi connectivity index (χ4v) is 3.01. The number of furan rings is 2. The van der Waals surface area contributed by atoms with E-state index in [-0.39, 0.29) is 5.91 Å². The summed E-state index contributed by atoms with van der Waals surface area (Å²) < 4.78 is 18.4. The zero-order valence-corrected chi connectivity index (χ0v) is 14.8. The van der Waals surface area contributed by atoms with Crippen LogP contribution in [0.15, 0.2) is 76.0 Å². The maximum absolute atomic E-state index is 12.6. The van der Waals surface area contributed by atoms with Crippen LogP contribution in [0.3, 0.4) is 0 Å². The lowest BCUT2D eigenvalue weighted by Crippen LogP contribution is -2.25. The molecule has 0 spiro atoms. The first kappa shape index (κ1) is 17.0. The molecule has 0 fully saturated rings. The summed E-state index contributed by atoms with van der Waals surface area (Å²) in [5.74, 6) is 1.39. The third kappa shape index (κ3) is 3.89. The summed E-state index contributed by atoms with van der Waals surface area (Å²) in [5, 5.41) is 2.88. The van der Waals surface area contributed by atoms with Crippen LogP contribution in [0, 0.1) is 0 Å². The number of fused-ring (bicyclic) bond motifs is 1. The number of nitrogens with zero attached hydrogens (tertiary/aromatic N) is 1. The molecule has 0 saturated heterocycles. The van der Waals surface area contributed by atoms with Crippen molar-refractivity contribution in [3.05, 3.63) is 78.6 Å². The minimum atomic E-state index is -0.165. The molecule has 6 nitrogen and oxygen atoms in total. The molecule has 0 aliphatic heterocycles. The van der Waals surface area contributed by atoms with E-state index in [1.807, 2.05) is 47.0 Å². The molecule has 4 aromatic rings. The van der Waals surface area contributed by atoms with Gasteiger partial charge in [-0.15, -0.1) is 0 Å². The molecule has 6 heteroatoms. The van der Waals surface area contributed by atoms with Crippen LogP contribution in [0.5, 0.6) is 5.75 Å². The topological polar surface area (TPSA) is 69.5 Å². The minimum absolute atomic E-state index is 0.165. The molecule has 0 atom stereocenters. The van der Waals surface area contributed by atoms with Gasteiger partial charge in [0.05, 0.1) is 31.2 Å². The zero-order chi connectivity index (χ0) is 18.5. The van der Waals surface area contributed by atoms with Crippen LogP contribution in [0.2, 0.25) is 0 Å². The molecule has 0 aliphatic rings. The molecule has 0 unspecified atom stereocenters. The second-order valence-electron chi connectivity index (χ2n) is 6.13. The maximum Gasteiger partial charge on any atom is 0.268 e. The Morgan fingerprint density at radius 3 is 2.74 bits per heavy atom. The first-order chi connectivity index (χ1) is 13.3. The number of amides is 1. The normalized spacial score (nSPS) is 11.0. The highest BCUT2D eigenvalue weighted by molar-refractivity contribution is 5.97. The average Bonchev–Trinajstić information content (AvgIpc) is 3.42. The van der Waals surface area contributed by atoms with Gasteiger partial charge >= 0.3 is 0 Å². The number of hydrogen-bond acceptors (Lipinski definition) is 4. The number of carbonyl (C=O) groups excluding carboxylic acids is 1. The zero-order valence-electron chi connectivity index (χ0n) is 14.8. The van der Waals surface area contributed by atoms with Gasteiger partial charge in [0, 0.05) is 18.7 Å². The quantitative estimate of drug-likeness (QED) is 0.475. The first-order valence-electron chi connectivity index (χ1n) is 8.86. The largest absolute Gasteiger partial charge is 0.494 e. The molecular weight excluding hydrogens is 344 g/mol. The third-order valence-electron chi connectivity index (χ3n) is 4.30. The van der Waals surface area contributed by atoms with Crippen molar-refractivity contribution in [2.45, 2.75) is 19.5 Å². The molecule has 1 aromatic carbocycles. The van der Waals surface area contributed by atoms with E-state index in [4.69, 9.17) is 13.6 Å². The van der Waals surface area contributed by atoms with Gasteiger partial charge in [-0.05, 0) is 30.7 Å². The van der Waals surface area contributed by atoms with E-state index in [0.29, 0.717) is 36.7 Å². The van der Waals surface area contributed by atoms with Crippen molar-refractivity contribution in [3.8, 4) is 5.75 Å². The van der Waals surface area contributed by atoms with Gasteiger partial charge in [-0.2, -0.15) is 0 Å². The van der Waals surface area contributed by atoms with Crippen molar-refractivity contribution in [1.29, 1.82) is 0 Å². The second-order valence-corrected chi connectivity index (χ2v) is 6.13. The van der Waals surface area contributed by atoms with Crippen molar-refractivity contribution in [3.63, 3.8) is 0 Å². The lowest BCUT2D eigenvalue weighted by molar-refractivity contribution is 0.0938. The molecule has 0 radical (unpaired) electrons. The predicted molar refractivity (Wildman–Crippen MR) is 101 cm³/mol. The molecule has 0 saturated carbocycles. The van der Waals surface area contributed by atoms with Crippen LogP contribution in [-0.4, -0.2) is 17.1 Å². The summed E-state index contributed by atoms with van der Waals surface area (Å²) in [7, 11) is 0. The van der Waals surface area contributed by atoms with Gasteiger partial charge in [0.2, 0.25) is 0 Å². The monoisotopic (exact) mass is 364 g/mol. The molecule has 27 heavy (non-hydrogen) atoms. The Morgan fingerprint density at radius 2 is 1.93 bits per heavy atom. The Labute approximate surface area is 156 Å². The summed E-state index contributed by atoms with van der Waals surface area (Å²) in [4.78, 5) is 12.6. The fraction of sp³-hybridized carbons (Fsp3) is 0.190. The molecule has 0 bridgehead atoms. The molecular formula is C21H20N2O4. The summed E-state index contributed by atoms with van der Waals surface area (Å²) in [5.41, 5.74) is 2.16. The average molecular weight is 364 g/mol. The SMILES string of the molecule is O=C(NCc1ccco1)c1cc2occc2n1CCCOc1ccccc1. The van der Waals surface area contributed by atoms with Gasteiger partial charge < -0.3 is 23.5 Å². The number of hydrogen-bond donors (Lipinski definition) is 1. The van der Waals surface area contributed by atoms with Crippen LogP contribution < -0.4 is 10.1 Å². The van der Waals surface area contributed by atoms with E-state index < -0.39 is 0 Å². The van der Waals surface area contributed by atoms with E-state index in [0.717, 1.165) is 17.7 Å². The summed E-state index contributed by atoms with van der Waals surface area (Å²) in [6.07, 6.45) is 3.98. The predicted octanol–water partition coefficient (Wildman–Crippen LogP) is 4.23. The Kier molecular flexibility index (Phi) is 4.96. The lowest BCUT2D eigenvalue weighted by Gasteiger charge is -2.11. The van der Waals surface area contributed by atoms with E-state index in [2.05, 4.69) is 5.32 Å². The smallest absolute Gasteiger partial charge is 0.268 e. The van der Waals surface area contributed by atoms with Crippen LogP contribution in [-0.2, 0) is 13.1 Å². The van der Waals surface area contributed by atoms with Crippen LogP contribution in [0.1, 0.15) is 22.7 Å². The van der Waals surface area contributed by atoms with E-state index in [1.54, 1.807) is 24.7 Å². The lowest BCUT2D eigenvalue weighted by atomic mass is 10.3. The van der Waals surface area contributed by atoms with Gasteiger partial charge in [0.1, 0.15) is 17.2 Å². The summed E-state index contributed by atoms with van der Waals surface area (Å²) in [6.45, 7) is 1.56. The number of carbonyl (C=O) groups is 1. The summed E-state index contributed by atoms with van der Waals surface area (Å²) in [6, 6.07) is 17.0. The van der Waals surface area contributed by atoms with E-state index in [9.17, 15) is 4.79 Å². The first-order valence-corrected chi connectivity index (χ1v) is 8.86. The van der Waals surface area contributed by atoms with E-state index >= 15 is 0 Å². The maximum atomic E-state index is 12.6. The van der Waals surface area contributed by atoms with Crippen molar-refractivity contribution in [2.75, 3.05) is 6.61 Å². The van der Waals surface area contributed by atoms with Crippen molar-refractivity contribution in [1.82, 2.24) is 9.88 Å². The Morgan fingerprint density at radius 1 is 1.04 bits per heavy atom. The number of aryl methyl sites for hydroxylation is 1. The number of benzene rings is 1. The highest BCUT2D eigenvalue weighted by Crippen LogP contribution is 2.22. The van der Waals surface area contributed by atoms with Crippen LogP contribution >= 0.6 is 0 Å². The molecule has 3 aromatic heterocycles. The van der Waals surface area contributed by atoms with Gasteiger partial charge in [-0.25, -0.2) is 0 Å². The number of nitrogens with one attached hydrogen (secondary N) is 1. The van der Waals surface area contributed by atoms with Crippen LogP contribution in [0.25, 0.3) is 11.1 Å². The van der Waals surface area contributed by atoms with Gasteiger partial charge in [0.25, 0.3) is 5.91 Å². The number of ether oxygens (including phenoxy) is 1. The van der Waals surface area contributed by atoms with Crippen LogP contribution in [0.4, 0.5) is 0 Å². The van der Waals surface area contributed by atoms with Crippen molar-refractivity contribution >= 4 is 17.0 Å². The standard InChI is InChI=1S/C21H20N2O4/c24-21(22-15-17-8-4-11-26-17)19-14-20-18(9-13-27-20)23(19)10-5-12-25-16-6-2-1-3-7-16/h1-4,6-9,11,13-14H,5,10,12,15H2,(H,22,24). The number of aromatic nitrogens is 1. The number of rotatable bonds is 8. The Balaban J connectivity index is 1.42. The van der Waals surface area contributed by atoms with E-state index in [1.165, 1.54) is 0 Å². The third-order valence-corrected chi connectivity index (χ3v) is 4.30. The highest BCUT2D eigenvalue weighted by Gasteiger charge is 2.17.